The molecule has 4 nitrogen and oxygen atoms in total. The van der Waals surface area contributed by atoms with Crippen LogP contribution in [-0.4, -0.2) is 18.5 Å². The molecule has 1 amide bonds. The minimum Gasteiger partial charge on any atom is -0.399 e. The van der Waals surface area contributed by atoms with E-state index in [2.05, 4.69) is 17.2 Å². The van der Waals surface area contributed by atoms with Crippen LogP contribution in [0.5, 0.6) is 0 Å². The van der Waals surface area contributed by atoms with Crippen LogP contribution < -0.4 is 16.4 Å². The minimum atomic E-state index is -0.126. The number of nitrogens with one attached hydrogen (secondary N) is 2. The molecule has 0 aliphatic heterocycles. The first-order valence-corrected chi connectivity index (χ1v) is 5.59. The Balaban J connectivity index is 2.97. The Labute approximate surface area is 102 Å². The summed E-state index contributed by atoms with van der Waals surface area (Å²) in [6, 6.07) is 5.32. The summed E-state index contributed by atoms with van der Waals surface area (Å²) < 4.78 is 0. The van der Waals surface area contributed by atoms with Crippen molar-refractivity contribution in [1.29, 1.82) is 0 Å². The number of carbonyl (C=O) groups excluding carboxylic acids is 1. The number of nitrogen functional groups attached to an aromatic ring is 1. The molecule has 1 aromatic rings. The number of anilines is 2. The van der Waals surface area contributed by atoms with Gasteiger partial charge in [-0.15, -0.1) is 6.58 Å². The molecule has 4 N–H and O–H groups in total. The zero-order valence-electron chi connectivity index (χ0n) is 10.3. The summed E-state index contributed by atoms with van der Waals surface area (Å²) in [6.45, 7) is 8.07. The largest absolute Gasteiger partial charge is 0.399 e. The number of nitrogens with two attached hydrogens (primary N) is 1. The van der Waals surface area contributed by atoms with E-state index >= 15 is 0 Å². The fourth-order valence-corrected chi connectivity index (χ4v) is 1.43. The van der Waals surface area contributed by atoms with Gasteiger partial charge in [0.2, 0.25) is 0 Å². The van der Waals surface area contributed by atoms with Crippen LogP contribution in [0.15, 0.2) is 30.9 Å². The number of hydrogen-bond donors (Lipinski definition) is 3. The normalized spacial score (nSPS) is 10.1. The molecule has 92 valence electrons. The highest BCUT2D eigenvalue weighted by Crippen LogP contribution is 2.18. The molecule has 0 saturated heterocycles. The molecule has 4 heteroatoms. The van der Waals surface area contributed by atoms with Gasteiger partial charge < -0.3 is 16.4 Å². The van der Waals surface area contributed by atoms with Gasteiger partial charge in [-0.05, 0) is 32.0 Å². The molecule has 17 heavy (non-hydrogen) atoms. The van der Waals surface area contributed by atoms with Gasteiger partial charge in [0.05, 0.1) is 5.56 Å². The van der Waals surface area contributed by atoms with Crippen LogP contribution >= 0.6 is 0 Å². The van der Waals surface area contributed by atoms with Crippen molar-refractivity contribution in [2.75, 3.05) is 17.6 Å². The van der Waals surface area contributed by atoms with E-state index in [1.807, 2.05) is 13.8 Å². The lowest BCUT2D eigenvalue weighted by atomic mass is 10.1. The highest BCUT2D eigenvalue weighted by atomic mass is 16.1. The van der Waals surface area contributed by atoms with Crippen molar-refractivity contribution >= 4 is 17.3 Å². The van der Waals surface area contributed by atoms with E-state index in [1.165, 1.54) is 0 Å². The Bertz CT molecular complexity index is 413. The van der Waals surface area contributed by atoms with E-state index < -0.39 is 0 Å². The zero-order valence-corrected chi connectivity index (χ0v) is 10.3. The van der Waals surface area contributed by atoms with Crippen molar-refractivity contribution in [1.82, 2.24) is 5.32 Å². The molecule has 1 aromatic carbocycles. The summed E-state index contributed by atoms with van der Waals surface area (Å²) in [6.07, 6.45) is 1.74. The van der Waals surface area contributed by atoms with Gasteiger partial charge in [0.15, 0.2) is 0 Å². The first kappa shape index (κ1) is 13.1. The van der Waals surface area contributed by atoms with Crippen LogP contribution in [-0.2, 0) is 0 Å². The molecule has 0 saturated carbocycles. The summed E-state index contributed by atoms with van der Waals surface area (Å²) in [7, 11) is 0. The Morgan fingerprint density at radius 2 is 2.24 bits per heavy atom. The lowest BCUT2D eigenvalue weighted by Crippen LogP contribution is -2.30. The van der Waals surface area contributed by atoms with E-state index in [4.69, 9.17) is 5.73 Å². The average molecular weight is 233 g/mol. The first-order valence-electron chi connectivity index (χ1n) is 5.59. The molecule has 0 atom stereocenters. The number of carbonyl (C=O) groups is 1. The fraction of sp³-hybridized carbons (Fsp3) is 0.308. The standard InChI is InChI=1S/C13H19N3O/c1-4-7-15-12-6-5-10(14)8-11(12)13(17)16-9(2)3/h4-6,8-9,15H,1,7,14H2,2-3H3,(H,16,17). The molecule has 0 aliphatic rings. The summed E-state index contributed by atoms with van der Waals surface area (Å²) in [5.41, 5.74) is 7.59. The van der Waals surface area contributed by atoms with Crippen molar-refractivity contribution < 1.29 is 4.79 Å². The third kappa shape index (κ3) is 3.83. The topological polar surface area (TPSA) is 67.1 Å². The Kier molecular flexibility index (Phi) is 4.57. The quantitative estimate of drug-likeness (QED) is 0.538. The fourth-order valence-electron chi connectivity index (χ4n) is 1.43. The molecule has 0 fully saturated rings. The summed E-state index contributed by atoms with van der Waals surface area (Å²) in [4.78, 5) is 12.0. The molecule has 0 radical (unpaired) electrons. The molecule has 0 aliphatic carbocycles. The molecule has 1 rings (SSSR count). The second-order valence-electron chi connectivity index (χ2n) is 4.10. The van der Waals surface area contributed by atoms with Crippen LogP contribution in [0.25, 0.3) is 0 Å². The predicted molar refractivity (Wildman–Crippen MR) is 72.1 cm³/mol. The van der Waals surface area contributed by atoms with E-state index in [0.717, 1.165) is 5.69 Å². The van der Waals surface area contributed by atoms with Crippen LogP contribution in [0.3, 0.4) is 0 Å². The Morgan fingerprint density at radius 3 is 2.82 bits per heavy atom. The third-order valence-corrected chi connectivity index (χ3v) is 2.14. The van der Waals surface area contributed by atoms with E-state index in [9.17, 15) is 4.79 Å². The van der Waals surface area contributed by atoms with Gasteiger partial charge in [0.1, 0.15) is 0 Å². The van der Waals surface area contributed by atoms with Crippen LogP contribution in [0.1, 0.15) is 24.2 Å². The van der Waals surface area contributed by atoms with Crippen LogP contribution in [0.2, 0.25) is 0 Å². The molecule has 0 heterocycles. The third-order valence-electron chi connectivity index (χ3n) is 2.14. The van der Waals surface area contributed by atoms with Gasteiger partial charge in [-0.2, -0.15) is 0 Å². The van der Waals surface area contributed by atoms with Gasteiger partial charge in [-0.3, -0.25) is 4.79 Å². The van der Waals surface area contributed by atoms with Gasteiger partial charge >= 0.3 is 0 Å². The van der Waals surface area contributed by atoms with Crippen molar-refractivity contribution in [3.63, 3.8) is 0 Å². The maximum absolute atomic E-state index is 12.0. The molecular weight excluding hydrogens is 214 g/mol. The SMILES string of the molecule is C=CCNc1ccc(N)cc1C(=O)NC(C)C. The number of hydrogen-bond acceptors (Lipinski definition) is 3. The molecule has 0 spiro atoms. The zero-order chi connectivity index (χ0) is 12.8. The van der Waals surface area contributed by atoms with E-state index in [1.54, 1.807) is 24.3 Å². The number of rotatable bonds is 5. The highest BCUT2D eigenvalue weighted by molar-refractivity contribution is 6.00. The highest BCUT2D eigenvalue weighted by Gasteiger charge is 2.12. The molecule has 0 bridgehead atoms. The van der Waals surface area contributed by atoms with E-state index in [0.29, 0.717) is 17.8 Å². The van der Waals surface area contributed by atoms with Crippen molar-refractivity contribution in [3.05, 3.63) is 36.4 Å². The number of amides is 1. The summed E-state index contributed by atoms with van der Waals surface area (Å²) in [5.74, 6) is -0.126. The van der Waals surface area contributed by atoms with Crippen molar-refractivity contribution in [2.45, 2.75) is 19.9 Å². The second-order valence-corrected chi connectivity index (χ2v) is 4.10. The number of benzene rings is 1. The van der Waals surface area contributed by atoms with Crippen molar-refractivity contribution in [2.24, 2.45) is 0 Å². The lowest BCUT2D eigenvalue weighted by Gasteiger charge is -2.13. The molecule has 0 aromatic heterocycles. The van der Waals surface area contributed by atoms with Crippen LogP contribution in [0.4, 0.5) is 11.4 Å². The van der Waals surface area contributed by atoms with Crippen LogP contribution in [0, 0.1) is 0 Å². The maximum Gasteiger partial charge on any atom is 0.253 e. The van der Waals surface area contributed by atoms with Gasteiger partial charge in [-0.1, -0.05) is 6.08 Å². The molecular formula is C13H19N3O. The minimum absolute atomic E-state index is 0.0937. The Hall–Kier alpha value is -1.97. The first-order chi connectivity index (χ1) is 8.04. The average Bonchev–Trinajstić information content (AvgIpc) is 2.26. The van der Waals surface area contributed by atoms with E-state index in [-0.39, 0.29) is 11.9 Å². The van der Waals surface area contributed by atoms with Gasteiger partial charge in [-0.25, -0.2) is 0 Å². The maximum atomic E-state index is 12.0. The van der Waals surface area contributed by atoms with Gasteiger partial charge in [0.25, 0.3) is 5.91 Å². The second kappa shape index (κ2) is 5.94. The molecule has 0 unspecified atom stereocenters. The summed E-state index contributed by atoms with van der Waals surface area (Å²) in [5, 5.41) is 5.95. The lowest BCUT2D eigenvalue weighted by molar-refractivity contribution is 0.0944. The summed E-state index contributed by atoms with van der Waals surface area (Å²) >= 11 is 0. The van der Waals surface area contributed by atoms with Gasteiger partial charge in [0, 0.05) is 24.0 Å². The smallest absolute Gasteiger partial charge is 0.253 e. The monoisotopic (exact) mass is 233 g/mol. The van der Waals surface area contributed by atoms with Crippen molar-refractivity contribution in [3.8, 4) is 0 Å². The predicted octanol–water partition coefficient (Wildman–Crippen LogP) is 2.00. The Morgan fingerprint density at radius 1 is 1.53 bits per heavy atom.